The first kappa shape index (κ1) is 12.2. The molecule has 1 aromatic heterocycles. The van der Waals surface area contributed by atoms with Gasteiger partial charge in [0, 0.05) is 7.14 Å². The smallest absolute Gasteiger partial charge is 0.205 e. The first-order valence-electron chi connectivity index (χ1n) is 5.35. The topological polar surface area (TPSA) is 43.8 Å². The van der Waals surface area contributed by atoms with Crippen molar-refractivity contribution < 1.29 is 0 Å². The first-order valence-corrected chi connectivity index (χ1v) is 7.51. The molecule has 3 rings (SSSR count). The van der Waals surface area contributed by atoms with Crippen molar-refractivity contribution in [2.45, 2.75) is 0 Å². The van der Waals surface area contributed by atoms with Gasteiger partial charge in [0.2, 0.25) is 5.95 Å². The van der Waals surface area contributed by atoms with Crippen LogP contribution in [0, 0.1) is 7.14 Å². The highest BCUT2D eigenvalue weighted by atomic mass is 127. The van der Waals surface area contributed by atoms with Crippen LogP contribution in [0.2, 0.25) is 0 Å². The van der Waals surface area contributed by atoms with Gasteiger partial charge in [0.15, 0.2) is 0 Å². The van der Waals surface area contributed by atoms with E-state index in [-0.39, 0.29) is 0 Å². The number of anilines is 1. The number of nitrogen functional groups attached to an aromatic ring is 1. The Morgan fingerprint density at radius 1 is 1.06 bits per heavy atom. The van der Waals surface area contributed by atoms with Gasteiger partial charge >= 0.3 is 0 Å². The molecule has 5 heteroatoms. The van der Waals surface area contributed by atoms with Crippen molar-refractivity contribution in [3.05, 3.63) is 49.6 Å². The van der Waals surface area contributed by atoms with Crippen LogP contribution in [-0.2, 0) is 0 Å². The number of rotatable bonds is 1. The van der Waals surface area contributed by atoms with Crippen LogP contribution in [0.3, 0.4) is 0 Å². The molecule has 3 nitrogen and oxygen atoms in total. The van der Waals surface area contributed by atoms with Crippen molar-refractivity contribution in [2.24, 2.45) is 0 Å². The maximum Gasteiger partial charge on any atom is 0.205 e. The van der Waals surface area contributed by atoms with Crippen molar-refractivity contribution in [3.8, 4) is 5.69 Å². The molecular formula is C13H9I2N3. The zero-order chi connectivity index (χ0) is 12.7. The van der Waals surface area contributed by atoms with E-state index in [4.69, 9.17) is 5.73 Å². The van der Waals surface area contributed by atoms with Crippen molar-refractivity contribution in [2.75, 3.05) is 5.73 Å². The molecular weight excluding hydrogens is 452 g/mol. The number of imidazole rings is 1. The van der Waals surface area contributed by atoms with Gasteiger partial charge in [0.25, 0.3) is 0 Å². The van der Waals surface area contributed by atoms with E-state index in [1.54, 1.807) is 0 Å². The number of hydrogen-bond donors (Lipinski definition) is 1. The third-order valence-electron chi connectivity index (χ3n) is 2.74. The summed E-state index contributed by atoms with van der Waals surface area (Å²) in [5.41, 5.74) is 9.09. The number of nitrogens with two attached hydrogens (primary N) is 1. The van der Waals surface area contributed by atoms with Crippen molar-refractivity contribution in [1.82, 2.24) is 9.55 Å². The second-order valence-electron chi connectivity index (χ2n) is 3.89. The molecule has 90 valence electrons. The number of halogens is 2. The molecule has 0 bridgehead atoms. The third kappa shape index (κ3) is 1.99. The molecule has 18 heavy (non-hydrogen) atoms. The fourth-order valence-corrected chi connectivity index (χ4v) is 3.06. The lowest BCUT2D eigenvalue weighted by molar-refractivity contribution is 1.10. The number of para-hydroxylation sites is 1. The van der Waals surface area contributed by atoms with Gasteiger partial charge < -0.3 is 5.73 Å². The minimum Gasteiger partial charge on any atom is -0.369 e. The second-order valence-corrected chi connectivity index (χ2v) is 6.30. The lowest BCUT2D eigenvalue weighted by Crippen LogP contribution is -2.02. The van der Waals surface area contributed by atoms with Crippen molar-refractivity contribution in [1.29, 1.82) is 0 Å². The summed E-state index contributed by atoms with van der Waals surface area (Å²) in [6.45, 7) is 0. The highest BCUT2D eigenvalue weighted by Crippen LogP contribution is 2.26. The van der Waals surface area contributed by atoms with E-state index < -0.39 is 0 Å². The quantitative estimate of drug-likeness (QED) is 0.561. The van der Waals surface area contributed by atoms with Crippen LogP contribution in [0.25, 0.3) is 16.7 Å². The summed E-state index contributed by atoms with van der Waals surface area (Å²) >= 11 is 4.59. The lowest BCUT2D eigenvalue weighted by Gasteiger charge is -2.08. The van der Waals surface area contributed by atoms with Gasteiger partial charge in [-0.15, -0.1) is 0 Å². The minimum absolute atomic E-state index is 0.524. The number of benzene rings is 2. The Hall–Kier alpha value is -0.830. The largest absolute Gasteiger partial charge is 0.369 e. The highest BCUT2D eigenvalue weighted by molar-refractivity contribution is 14.1. The van der Waals surface area contributed by atoms with Crippen LogP contribution in [0.15, 0.2) is 42.5 Å². The lowest BCUT2D eigenvalue weighted by atomic mass is 10.3. The van der Waals surface area contributed by atoms with E-state index in [1.807, 2.05) is 22.8 Å². The average molecular weight is 461 g/mol. The molecule has 0 unspecified atom stereocenters. The van der Waals surface area contributed by atoms with E-state index in [2.05, 4.69) is 74.4 Å². The number of aromatic nitrogens is 2. The summed E-state index contributed by atoms with van der Waals surface area (Å²) in [6, 6.07) is 14.3. The molecule has 0 saturated carbocycles. The molecule has 1 heterocycles. The predicted octanol–water partition coefficient (Wildman–Crippen LogP) is 3.82. The molecule has 0 fully saturated rings. The Bertz CT molecular complexity index is 734. The van der Waals surface area contributed by atoms with Gasteiger partial charge in [0.1, 0.15) is 0 Å². The van der Waals surface area contributed by atoms with Crippen molar-refractivity contribution in [3.63, 3.8) is 0 Å². The molecule has 2 aromatic carbocycles. The molecule has 0 aliphatic carbocycles. The first-order chi connectivity index (χ1) is 8.66. The van der Waals surface area contributed by atoms with E-state index in [0.29, 0.717) is 5.95 Å². The molecule has 0 atom stereocenters. The van der Waals surface area contributed by atoms with Gasteiger partial charge in [-0.05, 0) is 75.5 Å². The molecule has 0 aliphatic rings. The molecule has 0 saturated heterocycles. The Morgan fingerprint density at radius 2 is 1.83 bits per heavy atom. The number of nitrogens with zero attached hydrogens (tertiary/aromatic N) is 2. The van der Waals surface area contributed by atoms with Crippen LogP contribution < -0.4 is 5.73 Å². The number of hydrogen-bond acceptors (Lipinski definition) is 2. The number of fused-ring (bicyclic) bond motifs is 1. The van der Waals surface area contributed by atoms with Gasteiger partial charge in [0.05, 0.1) is 16.7 Å². The van der Waals surface area contributed by atoms with E-state index >= 15 is 0 Å². The van der Waals surface area contributed by atoms with Crippen LogP contribution >= 0.6 is 45.2 Å². The minimum atomic E-state index is 0.524. The Balaban J connectivity index is 2.36. The van der Waals surface area contributed by atoms with E-state index in [0.717, 1.165) is 23.9 Å². The Morgan fingerprint density at radius 3 is 2.61 bits per heavy atom. The maximum absolute atomic E-state index is 6.05. The molecule has 0 amide bonds. The summed E-state index contributed by atoms with van der Waals surface area (Å²) in [5, 5.41) is 0. The molecule has 0 spiro atoms. The zero-order valence-electron chi connectivity index (χ0n) is 9.27. The summed E-state index contributed by atoms with van der Waals surface area (Å²) in [5.74, 6) is 0.524. The summed E-state index contributed by atoms with van der Waals surface area (Å²) in [6.07, 6.45) is 0. The fourth-order valence-electron chi connectivity index (χ4n) is 1.96. The average Bonchev–Trinajstić information content (AvgIpc) is 2.65. The van der Waals surface area contributed by atoms with E-state index in [9.17, 15) is 0 Å². The second kappa shape index (κ2) is 4.69. The summed E-state index contributed by atoms with van der Waals surface area (Å²) < 4.78 is 4.31. The maximum atomic E-state index is 6.05. The Kier molecular flexibility index (Phi) is 3.18. The monoisotopic (exact) mass is 461 g/mol. The van der Waals surface area contributed by atoms with Crippen LogP contribution in [-0.4, -0.2) is 9.55 Å². The van der Waals surface area contributed by atoms with Gasteiger partial charge in [-0.25, -0.2) is 4.98 Å². The molecule has 3 aromatic rings. The SMILES string of the molecule is Nc1nc2cc(I)ccc2n1-c1ccccc1I. The summed E-state index contributed by atoms with van der Waals surface area (Å²) in [7, 11) is 0. The Labute approximate surface area is 132 Å². The van der Waals surface area contributed by atoms with Gasteiger partial charge in [-0.2, -0.15) is 0 Å². The highest BCUT2D eigenvalue weighted by Gasteiger charge is 2.11. The predicted molar refractivity (Wildman–Crippen MR) is 90.9 cm³/mol. The zero-order valence-corrected chi connectivity index (χ0v) is 13.6. The van der Waals surface area contributed by atoms with Crippen molar-refractivity contribution >= 4 is 62.2 Å². The standard InChI is InChI=1S/C13H9I2N3/c14-8-5-6-12-10(7-8)17-13(16)18(12)11-4-2-1-3-9(11)15/h1-7H,(H2,16,17). The molecule has 0 aliphatic heterocycles. The van der Waals surface area contributed by atoms with Crippen LogP contribution in [0.5, 0.6) is 0 Å². The van der Waals surface area contributed by atoms with Crippen LogP contribution in [0.1, 0.15) is 0 Å². The van der Waals surface area contributed by atoms with Crippen LogP contribution in [0.4, 0.5) is 5.95 Å². The molecule has 0 radical (unpaired) electrons. The van der Waals surface area contributed by atoms with Gasteiger partial charge in [-0.1, -0.05) is 12.1 Å². The normalized spacial score (nSPS) is 11.0. The van der Waals surface area contributed by atoms with E-state index in [1.165, 1.54) is 0 Å². The molecule has 2 N–H and O–H groups in total. The fraction of sp³-hybridized carbons (Fsp3) is 0. The van der Waals surface area contributed by atoms with Gasteiger partial charge in [-0.3, -0.25) is 4.57 Å². The summed E-state index contributed by atoms with van der Waals surface area (Å²) in [4.78, 5) is 4.42. The third-order valence-corrected chi connectivity index (χ3v) is 4.32.